The first-order chi connectivity index (χ1) is 10.1. The second-order valence-electron chi connectivity index (χ2n) is 6.19. The molecular formula is C16H21Cl2FN2. The summed E-state index contributed by atoms with van der Waals surface area (Å²) in [6.45, 7) is 4.30. The molecule has 116 valence electrons. The predicted molar refractivity (Wildman–Crippen MR) is 85.6 cm³/mol. The van der Waals surface area contributed by atoms with Gasteiger partial charge in [-0.15, -0.1) is 0 Å². The number of nitrogens with zero attached hydrogens (tertiary/aromatic N) is 1. The van der Waals surface area contributed by atoms with Crippen molar-refractivity contribution in [3.63, 3.8) is 0 Å². The third-order valence-corrected chi connectivity index (χ3v) is 5.30. The summed E-state index contributed by atoms with van der Waals surface area (Å²) in [6.07, 6.45) is 4.99. The van der Waals surface area contributed by atoms with E-state index < -0.39 is 5.82 Å². The molecule has 0 bridgehead atoms. The highest BCUT2D eigenvalue weighted by Gasteiger charge is 2.32. The zero-order valence-corrected chi connectivity index (χ0v) is 13.7. The zero-order chi connectivity index (χ0) is 15.0. The largest absolute Gasteiger partial charge is 0.307 e. The molecule has 1 aromatic rings. The van der Waals surface area contributed by atoms with E-state index in [2.05, 4.69) is 10.2 Å². The second-order valence-corrected chi connectivity index (χ2v) is 6.97. The Kier molecular flexibility index (Phi) is 4.75. The Morgan fingerprint density at radius 3 is 2.48 bits per heavy atom. The standard InChI is InChI=1S/C16H21Cl2FN2/c1-10(15-13(17)4-5-14(19)16(15)18)20-11-6-8-21(9-7-11)12-2-3-12/h4-5,10-12,20H,2-3,6-9H2,1H3. The lowest BCUT2D eigenvalue weighted by molar-refractivity contribution is 0.184. The summed E-state index contributed by atoms with van der Waals surface area (Å²) in [4.78, 5) is 2.59. The molecule has 3 rings (SSSR count). The molecule has 1 aliphatic heterocycles. The van der Waals surface area contributed by atoms with Crippen molar-refractivity contribution < 1.29 is 4.39 Å². The molecule has 2 nitrogen and oxygen atoms in total. The van der Waals surface area contributed by atoms with E-state index in [1.807, 2.05) is 6.92 Å². The predicted octanol–water partition coefficient (Wildman–Crippen LogP) is 4.41. The summed E-state index contributed by atoms with van der Waals surface area (Å²) >= 11 is 12.3. The summed E-state index contributed by atoms with van der Waals surface area (Å²) in [5, 5.41) is 4.22. The van der Waals surface area contributed by atoms with E-state index in [0.29, 0.717) is 16.6 Å². The van der Waals surface area contributed by atoms with E-state index in [9.17, 15) is 4.39 Å². The summed E-state index contributed by atoms with van der Waals surface area (Å²) in [7, 11) is 0. The molecule has 0 amide bonds. The van der Waals surface area contributed by atoms with Gasteiger partial charge in [0.05, 0.1) is 5.02 Å². The molecule has 1 heterocycles. The van der Waals surface area contributed by atoms with Crippen LogP contribution in [0.2, 0.25) is 10.0 Å². The van der Waals surface area contributed by atoms with Gasteiger partial charge in [0.1, 0.15) is 5.82 Å². The van der Waals surface area contributed by atoms with Crippen molar-refractivity contribution >= 4 is 23.2 Å². The Morgan fingerprint density at radius 2 is 1.86 bits per heavy atom. The van der Waals surface area contributed by atoms with E-state index in [0.717, 1.165) is 32.0 Å². The molecule has 1 saturated carbocycles. The van der Waals surface area contributed by atoms with E-state index in [-0.39, 0.29) is 11.1 Å². The second kappa shape index (κ2) is 6.41. The van der Waals surface area contributed by atoms with Gasteiger partial charge >= 0.3 is 0 Å². The molecule has 0 radical (unpaired) electrons. The normalized spacial score (nSPS) is 22.5. The molecule has 1 aliphatic carbocycles. The molecule has 2 aliphatic rings. The van der Waals surface area contributed by atoms with Gasteiger partial charge in [0.25, 0.3) is 0 Å². The van der Waals surface area contributed by atoms with Crippen molar-refractivity contribution in [3.05, 3.63) is 33.6 Å². The van der Waals surface area contributed by atoms with Crippen molar-refractivity contribution in [2.45, 2.75) is 50.7 Å². The maximum atomic E-state index is 13.6. The first-order valence-electron chi connectivity index (χ1n) is 7.69. The van der Waals surface area contributed by atoms with Gasteiger partial charge in [0.2, 0.25) is 0 Å². The lowest BCUT2D eigenvalue weighted by atomic mass is 10.0. The van der Waals surface area contributed by atoms with E-state index >= 15 is 0 Å². The summed E-state index contributed by atoms with van der Waals surface area (Å²) < 4.78 is 13.6. The summed E-state index contributed by atoms with van der Waals surface area (Å²) in [5.41, 5.74) is 0.669. The molecule has 1 N–H and O–H groups in total. The fraction of sp³-hybridized carbons (Fsp3) is 0.625. The van der Waals surface area contributed by atoms with Crippen LogP contribution in [0.1, 0.15) is 44.2 Å². The van der Waals surface area contributed by atoms with Crippen molar-refractivity contribution in [3.8, 4) is 0 Å². The van der Waals surface area contributed by atoms with Gasteiger partial charge in [-0.1, -0.05) is 23.2 Å². The van der Waals surface area contributed by atoms with Gasteiger partial charge in [-0.2, -0.15) is 0 Å². The number of hydrogen-bond acceptors (Lipinski definition) is 2. The Hall–Kier alpha value is -0.350. The van der Waals surface area contributed by atoms with Gasteiger partial charge < -0.3 is 10.2 Å². The van der Waals surface area contributed by atoms with Crippen LogP contribution in [0.15, 0.2) is 12.1 Å². The van der Waals surface area contributed by atoms with Gasteiger partial charge in [-0.25, -0.2) is 4.39 Å². The van der Waals surface area contributed by atoms with Crippen molar-refractivity contribution in [2.24, 2.45) is 0 Å². The minimum Gasteiger partial charge on any atom is -0.307 e. The van der Waals surface area contributed by atoms with Crippen LogP contribution in [0.25, 0.3) is 0 Å². The molecule has 1 aromatic carbocycles. The maximum Gasteiger partial charge on any atom is 0.142 e. The van der Waals surface area contributed by atoms with Crippen molar-refractivity contribution in [2.75, 3.05) is 13.1 Å². The Bertz CT molecular complexity index is 511. The van der Waals surface area contributed by atoms with Crippen molar-refractivity contribution in [1.29, 1.82) is 0 Å². The van der Waals surface area contributed by atoms with Gasteiger partial charge in [0.15, 0.2) is 0 Å². The highest BCUT2D eigenvalue weighted by atomic mass is 35.5. The van der Waals surface area contributed by atoms with Crippen LogP contribution in [-0.4, -0.2) is 30.1 Å². The van der Waals surface area contributed by atoms with Gasteiger partial charge in [-0.3, -0.25) is 0 Å². The molecule has 1 atom stereocenters. The molecule has 1 unspecified atom stereocenters. The third kappa shape index (κ3) is 3.53. The van der Waals surface area contributed by atoms with Crippen LogP contribution >= 0.6 is 23.2 Å². The number of hydrogen-bond donors (Lipinski definition) is 1. The maximum absolute atomic E-state index is 13.6. The van der Waals surface area contributed by atoms with Crippen LogP contribution < -0.4 is 5.32 Å². The Balaban J connectivity index is 1.61. The molecule has 2 fully saturated rings. The number of nitrogens with one attached hydrogen (secondary N) is 1. The third-order valence-electron chi connectivity index (χ3n) is 4.59. The first-order valence-corrected chi connectivity index (χ1v) is 8.45. The Morgan fingerprint density at radius 1 is 1.19 bits per heavy atom. The molecule has 21 heavy (non-hydrogen) atoms. The smallest absolute Gasteiger partial charge is 0.142 e. The molecule has 1 saturated heterocycles. The van der Waals surface area contributed by atoms with Crippen LogP contribution in [-0.2, 0) is 0 Å². The molecule has 0 spiro atoms. The topological polar surface area (TPSA) is 15.3 Å². The van der Waals surface area contributed by atoms with Crippen molar-refractivity contribution in [1.82, 2.24) is 10.2 Å². The zero-order valence-electron chi connectivity index (χ0n) is 12.2. The van der Waals surface area contributed by atoms with Crippen LogP contribution in [0.4, 0.5) is 4.39 Å². The number of benzene rings is 1. The highest BCUT2D eigenvalue weighted by Crippen LogP contribution is 2.34. The molecule has 0 aromatic heterocycles. The quantitative estimate of drug-likeness (QED) is 0.822. The minimum atomic E-state index is -0.409. The number of rotatable bonds is 4. The van der Waals surface area contributed by atoms with Gasteiger partial charge in [0, 0.05) is 28.7 Å². The fourth-order valence-corrected chi connectivity index (χ4v) is 3.95. The first kappa shape index (κ1) is 15.5. The number of piperidine rings is 1. The lowest BCUT2D eigenvalue weighted by Gasteiger charge is -2.34. The molecule has 5 heteroatoms. The SMILES string of the molecule is CC(NC1CCN(C2CC2)CC1)c1c(Cl)ccc(F)c1Cl. The average Bonchev–Trinajstić information content (AvgIpc) is 3.29. The van der Waals surface area contributed by atoms with E-state index in [1.165, 1.54) is 18.9 Å². The summed E-state index contributed by atoms with van der Waals surface area (Å²) in [6, 6.07) is 4.14. The minimum absolute atomic E-state index is 0.0434. The average molecular weight is 331 g/mol. The Labute approximate surface area is 135 Å². The van der Waals surface area contributed by atoms with E-state index in [1.54, 1.807) is 6.07 Å². The molecular weight excluding hydrogens is 310 g/mol. The fourth-order valence-electron chi connectivity index (χ4n) is 3.25. The lowest BCUT2D eigenvalue weighted by Crippen LogP contribution is -2.44. The van der Waals surface area contributed by atoms with Crippen LogP contribution in [0.5, 0.6) is 0 Å². The number of likely N-dealkylation sites (tertiary alicyclic amines) is 1. The number of halogens is 3. The monoisotopic (exact) mass is 330 g/mol. The van der Waals surface area contributed by atoms with Crippen LogP contribution in [0.3, 0.4) is 0 Å². The highest BCUT2D eigenvalue weighted by molar-refractivity contribution is 6.36. The van der Waals surface area contributed by atoms with Crippen LogP contribution in [0, 0.1) is 5.82 Å². The van der Waals surface area contributed by atoms with E-state index in [4.69, 9.17) is 23.2 Å². The van der Waals surface area contributed by atoms with Gasteiger partial charge in [-0.05, 0) is 57.8 Å². The summed E-state index contributed by atoms with van der Waals surface area (Å²) in [5.74, 6) is -0.409.